The SMILES string of the molecule is COc1cc(C(=O)Nc2cc3c(cc2Oc2cc(C)cc(C)c2)C(=O)N[C@@H](Cc2ncnn2C)C(=O)N3)cc(OC)c1OC. The maximum Gasteiger partial charge on any atom is 0.256 e. The minimum atomic E-state index is -0.918. The summed E-state index contributed by atoms with van der Waals surface area (Å²) >= 11 is 0. The number of benzene rings is 3. The third-order valence-corrected chi connectivity index (χ3v) is 7.03. The molecule has 1 aliphatic rings. The minimum Gasteiger partial charge on any atom is -0.493 e. The highest BCUT2D eigenvalue weighted by molar-refractivity contribution is 6.12. The zero-order chi connectivity index (χ0) is 31.5. The molecule has 1 atom stereocenters. The van der Waals surface area contributed by atoms with Crippen LogP contribution in [0.3, 0.4) is 0 Å². The van der Waals surface area contributed by atoms with Gasteiger partial charge in [0.05, 0.1) is 38.3 Å². The molecule has 3 aromatic carbocycles. The Kier molecular flexibility index (Phi) is 8.38. The number of hydrogen-bond acceptors (Lipinski definition) is 9. The summed E-state index contributed by atoms with van der Waals surface area (Å²) in [7, 11) is 6.07. The first-order valence-electron chi connectivity index (χ1n) is 13.6. The summed E-state index contributed by atoms with van der Waals surface area (Å²) in [6.45, 7) is 3.87. The molecule has 3 amide bonds. The number of ether oxygens (including phenoxy) is 4. The van der Waals surface area contributed by atoms with Crippen LogP contribution < -0.4 is 34.9 Å². The molecular weight excluding hydrogens is 568 g/mol. The molecule has 5 rings (SSSR count). The Hall–Kier alpha value is -5.59. The molecule has 13 nitrogen and oxygen atoms in total. The van der Waals surface area contributed by atoms with E-state index in [0.717, 1.165) is 11.1 Å². The fourth-order valence-corrected chi connectivity index (χ4v) is 4.93. The lowest BCUT2D eigenvalue weighted by molar-refractivity contribution is -0.117. The van der Waals surface area contributed by atoms with E-state index in [4.69, 9.17) is 18.9 Å². The predicted molar refractivity (Wildman–Crippen MR) is 161 cm³/mol. The van der Waals surface area contributed by atoms with E-state index in [9.17, 15) is 14.4 Å². The van der Waals surface area contributed by atoms with Crippen LogP contribution in [0, 0.1) is 13.8 Å². The summed E-state index contributed by atoms with van der Waals surface area (Å²) in [6.07, 6.45) is 1.50. The van der Waals surface area contributed by atoms with Crippen LogP contribution in [0.15, 0.2) is 48.8 Å². The van der Waals surface area contributed by atoms with Crippen molar-refractivity contribution in [2.75, 3.05) is 32.0 Å². The van der Waals surface area contributed by atoms with E-state index in [1.807, 2.05) is 32.0 Å². The van der Waals surface area contributed by atoms with E-state index < -0.39 is 23.8 Å². The molecule has 1 aromatic heterocycles. The third kappa shape index (κ3) is 6.11. The van der Waals surface area contributed by atoms with Gasteiger partial charge >= 0.3 is 0 Å². The smallest absolute Gasteiger partial charge is 0.256 e. The van der Waals surface area contributed by atoms with Crippen LogP contribution in [0.2, 0.25) is 0 Å². The predicted octanol–water partition coefficient (Wildman–Crippen LogP) is 3.80. The number of anilines is 2. The molecule has 228 valence electrons. The number of aryl methyl sites for hydroxylation is 3. The highest BCUT2D eigenvalue weighted by atomic mass is 16.5. The second-order valence-corrected chi connectivity index (χ2v) is 10.2. The molecule has 4 aromatic rings. The number of carbonyl (C=O) groups is 3. The molecule has 13 heteroatoms. The molecule has 0 fully saturated rings. The Labute approximate surface area is 253 Å². The first-order chi connectivity index (χ1) is 21.1. The number of nitrogens with zero attached hydrogens (tertiary/aromatic N) is 3. The molecule has 44 heavy (non-hydrogen) atoms. The Morgan fingerprint density at radius 1 is 0.932 bits per heavy atom. The van der Waals surface area contributed by atoms with Crippen LogP contribution >= 0.6 is 0 Å². The number of hydrogen-bond donors (Lipinski definition) is 3. The molecule has 0 aliphatic carbocycles. The van der Waals surface area contributed by atoms with Crippen molar-refractivity contribution in [3.05, 3.63) is 76.9 Å². The highest BCUT2D eigenvalue weighted by Gasteiger charge is 2.31. The fourth-order valence-electron chi connectivity index (χ4n) is 4.93. The molecule has 0 spiro atoms. The molecular formula is C31H32N6O7. The van der Waals surface area contributed by atoms with Crippen LogP contribution in [-0.2, 0) is 18.3 Å². The Bertz CT molecular complexity index is 1720. The van der Waals surface area contributed by atoms with Crippen molar-refractivity contribution >= 4 is 29.1 Å². The first-order valence-corrected chi connectivity index (χ1v) is 13.6. The number of methoxy groups -OCH3 is 3. The van der Waals surface area contributed by atoms with Gasteiger partial charge in [0.15, 0.2) is 17.2 Å². The largest absolute Gasteiger partial charge is 0.493 e. The summed E-state index contributed by atoms with van der Waals surface area (Å²) in [5.74, 6) is 0.651. The topological polar surface area (TPSA) is 155 Å². The summed E-state index contributed by atoms with van der Waals surface area (Å²) in [6, 6.07) is 10.7. The van der Waals surface area contributed by atoms with Crippen molar-refractivity contribution in [1.82, 2.24) is 20.1 Å². The Balaban J connectivity index is 1.54. The maximum absolute atomic E-state index is 13.6. The van der Waals surface area contributed by atoms with Gasteiger partial charge in [-0.2, -0.15) is 5.10 Å². The third-order valence-electron chi connectivity index (χ3n) is 7.03. The monoisotopic (exact) mass is 600 g/mol. The summed E-state index contributed by atoms with van der Waals surface area (Å²) < 4.78 is 23.9. The van der Waals surface area contributed by atoms with Gasteiger partial charge in [0, 0.05) is 19.0 Å². The van der Waals surface area contributed by atoms with Crippen molar-refractivity contribution in [3.8, 4) is 28.7 Å². The quantitative estimate of drug-likeness (QED) is 0.260. The van der Waals surface area contributed by atoms with Gasteiger partial charge in [-0.3, -0.25) is 19.1 Å². The van der Waals surface area contributed by atoms with E-state index in [0.29, 0.717) is 28.8 Å². The van der Waals surface area contributed by atoms with Gasteiger partial charge in [-0.15, -0.1) is 0 Å². The van der Waals surface area contributed by atoms with Gasteiger partial charge in [-0.1, -0.05) is 6.07 Å². The maximum atomic E-state index is 13.6. The first kappa shape index (κ1) is 29.9. The molecule has 0 bridgehead atoms. The van der Waals surface area contributed by atoms with Gasteiger partial charge in [-0.25, -0.2) is 4.98 Å². The average Bonchev–Trinajstić information content (AvgIpc) is 3.35. The number of aromatic nitrogens is 3. The van der Waals surface area contributed by atoms with E-state index in [-0.39, 0.29) is 34.7 Å². The molecule has 0 unspecified atom stereocenters. The molecule has 3 N–H and O–H groups in total. The van der Waals surface area contributed by atoms with Crippen molar-refractivity contribution in [2.24, 2.45) is 7.05 Å². The summed E-state index contributed by atoms with van der Waals surface area (Å²) in [4.78, 5) is 44.4. The number of rotatable bonds is 9. The van der Waals surface area contributed by atoms with E-state index in [1.165, 1.54) is 56.6 Å². The van der Waals surface area contributed by atoms with Gasteiger partial charge in [-0.05, 0) is 61.4 Å². The van der Waals surface area contributed by atoms with E-state index >= 15 is 0 Å². The molecule has 1 aliphatic heterocycles. The summed E-state index contributed by atoms with van der Waals surface area (Å²) in [5, 5.41) is 12.5. The van der Waals surface area contributed by atoms with Gasteiger partial charge in [0.25, 0.3) is 11.8 Å². The van der Waals surface area contributed by atoms with Crippen LogP contribution in [0.25, 0.3) is 0 Å². The van der Waals surface area contributed by atoms with Crippen molar-refractivity contribution in [1.29, 1.82) is 0 Å². The fraction of sp³-hybridized carbons (Fsp3) is 0.258. The number of carbonyl (C=O) groups excluding carboxylic acids is 3. The second-order valence-electron chi connectivity index (χ2n) is 10.2. The molecule has 0 saturated heterocycles. The van der Waals surface area contributed by atoms with Crippen LogP contribution in [-0.4, -0.2) is 59.9 Å². The lowest BCUT2D eigenvalue weighted by Gasteiger charge is -2.17. The normalized spacial score (nSPS) is 14.1. The number of amides is 3. The van der Waals surface area contributed by atoms with Gasteiger partial charge < -0.3 is 34.9 Å². The van der Waals surface area contributed by atoms with Gasteiger partial charge in [0.1, 0.15) is 23.9 Å². The van der Waals surface area contributed by atoms with Crippen molar-refractivity contribution in [3.63, 3.8) is 0 Å². The number of nitrogens with one attached hydrogen (secondary N) is 3. The lowest BCUT2D eigenvalue weighted by atomic mass is 10.1. The van der Waals surface area contributed by atoms with Crippen LogP contribution in [0.4, 0.5) is 11.4 Å². The highest BCUT2D eigenvalue weighted by Crippen LogP contribution is 2.40. The molecule has 0 radical (unpaired) electrons. The average molecular weight is 601 g/mol. The Morgan fingerprint density at radius 2 is 1.61 bits per heavy atom. The number of fused-ring (bicyclic) bond motifs is 1. The summed E-state index contributed by atoms with van der Waals surface area (Å²) in [5.41, 5.74) is 2.70. The lowest BCUT2D eigenvalue weighted by Crippen LogP contribution is -2.43. The van der Waals surface area contributed by atoms with Crippen molar-refractivity contribution in [2.45, 2.75) is 26.3 Å². The zero-order valence-corrected chi connectivity index (χ0v) is 25.1. The Morgan fingerprint density at radius 3 is 2.20 bits per heavy atom. The van der Waals surface area contributed by atoms with Crippen LogP contribution in [0.1, 0.15) is 37.7 Å². The van der Waals surface area contributed by atoms with E-state index in [2.05, 4.69) is 26.0 Å². The molecule has 2 heterocycles. The standard InChI is InChI=1S/C31H32N6O7/c1-16-7-17(2)9-19(8-16)44-24-12-20-21(34-31(40)23(36-30(20)39)14-27-32-15-33-37(27)3)13-22(24)35-29(38)18-10-25(41-4)28(43-6)26(11-18)42-5/h7-13,15,23H,14H2,1-6H3,(H,34,40)(H,35,38)(H,36,39)/t23-/m0/s1. The zero-order valence-electron chi connectivity index (χ0n) is 25.1. The molecule has 0 saturated carbocycles. The minimum absolute atomic E-state index is 0.124. The van der Waals surface area contributed by atoms with Crippen LogP contribution in [0.5, 0.6) is 28.7 Å². The second kappa shape index (κ2) is 12.3. The van der Waals surface area contributed by atoms with E-state index in [1.54, 1.807) is 7.05 Å². The van der Waals surface area contributed by atoms with Crippen molar-refractivity contribution < 1.29 is 33.3 Å². The van der Waals surface area contributed by atoms with Gasteiger partial charge in [0.2, 0.25) is 11.7 Å².